The highest BCUT2D eigenvalue weighted by Crippen LogP contribution is 2.24. The highest BCUT2D eigenvalue weighted by Gasteiger charge is 2.24. The number of nitrogens with zero attached hydrogens (tertiary/aromatic N) is 1. The first kappa shape index (κ1) is 12.8. The molecular weight excluding hydrogens is 208 g/mol. The van der Waals surface area contributed by atoms with Gasteiger partial charge in [0.15, 0.2) is 5.17 Å². The number of rotatable bonds is 5. The fourth-order valence-corrected chi connectivity index (χ4v) is 2.95. The average Bonchev–Trinajstić information content (AvgIpc) is 2.52. The average molecular weight is 230 g/mol. The monoisotopic (exact) mass is 230 g/mol. The quantitative estimate of drug-likeness (QED) is 0.786. The molecule has 0 amide bonds. The maximum atomic E-state index is 5.16. The van der Waals surface area contributed by atoms with Crippen LogP contribution in [0.1, 0.15) is 33.6 Å². The van der Waals surface area contributed by atoms with Gasteiger partial charge in [0, 0.05) is 12.4 Å². The Morgan fingerprint density at radius 2 is 2.33 bits per heavy atom. The van der Waals surface area contributed by atoms with Crippen LogP contribution in [-0.4, -0.2) is 36.2 Å². The Labute approximate surface area is 97.1 Å². The molecule has 0 aromatic rings. The Hall–Kier alpha value is -0.220. The molecule has 0 aromatic carbocycles. The van der Waals surface area contributed by atoms with E-state index in [2.05, 4.69) is 31.1 Å². The molecule has 1 N–H and O–H groups in total. The zero-order chi connectivity index (χ0) is 11.3. The molecule has 0 saturated heterocycles. The minimum atomic E-state index is -0.0261. The van der Waals surface area contributed by atoms with Crippen LogP contribution < -0.4 is 5.32 Å². The van der Waals surface area contributed by atoms with Crippen molar-refractivity contribution in [3.63, 3.8) is 0 Å². The lowest BCUT2D eigenvalue weighted by Gasteiger charge is -2.26. The Kier molecular flexibility index (Phi) is 4.93. The summed E-state index contributed by atoms with van der Waals surface area (Å²) in [4.78, 5) is 4.52. The van der Waals surface area contributed by atoms with Crippen LogP contribution in [0.3, 0.4) is 0 Å². The van der Waals surface area contributed by atoms with Gasteiger partial charge in [0.25, 0.3) is 0 Å². The van der Waals surface area contributed by atoms with Crippen LogP contribution >= 0.6 is 11.8 Å². The maximum Gasteiger partial charge on any atom is 0.157 e. The van der Waals surface area contributed by atoms with E-state index in [0.29, 0.717) is 11.9 Å². The summed E-state index contributed by atoms with van der Waals surface area (Å²) in [5.41, 5.74) is -0.0261. The highest BCUT2D eigenvalue weighted by molar-refractivity contribution is 8.14. The number of hydrogen-bond donors (Lipinski definition) is 1. The number of thioether (sulfide) groups is 1. The number of nitrogens with one attached hydrogen (secondary N) is 1. The number of methoxy groups -OCH3 is 1. The van der Waals surface area contributed by atoms with E-state index >= 15 is 0 Å². The summed E-state index contributed by atoms with van der Waals surface area (Å²) in [6, 6.07) is 0. The van der Waals surface area contributed by atoms with Crippen LogP contribution in [0.2, 0.25) is 0 Å². The molecule has 0 aromatic heterocycles. The van der Waals surface area contributed by atoms with E-state index in [1.165, 1.54) is 12.8 Å². The smallest absolute Gasteiger partial charge is 0.157 e. The molecule has 1 aliphatic rings. The Morgan fingerprint density at radius 3 is 2.93 bits per heavy atom. The molecule has 1 atom stereocenters. The lowest BCUT2D eigenvalue weighted by atomic mass is 10.1. The van der Waals surface area contributed by atoms with Crippen molar-refractivity contribution in [2.45, 2.75) is 44.4 Å². The summed E-state index contributed by atoms with van der Waals surface area (Å²) in [7, 11) is 1.73. The molecule has 0 spiro atoms. The van der Waals surface area contributed by atoms with Crippen molar-refractivity contribution in [3.05, 3.63) is 0 Å². The summed E-state index contributed by atoms with van der Waals surface area (Å²) >= 11 is 1.87. The molecule has 4 heteroatoms. The largest absolute Gasteiger partial charge is 0.382 e. The molecule has 0 bridgehead atoms. The van der Waals surface area contributed by atoms with E-state index < -0.39 is 0 Å². The van der Waals surface area contributed by atoms with E-state index in [-0.39, 0.29) is 5.54 Å². The molecule has 3 nitrogen and oxygen atoms in total. The van der Waals surface area contributed by atoms with E-state index in [0.717, 1.165) is 11.7 Å². The zero-order valence-corrected chi connectivity index (χ0v) is 11.0. The highest BCUT2D eigenvalue weighted by atomic mass is 32.2. The SMILES string of the molecule is CCCC1CN=C(NC(C)(C)COC)S1. The molecule has 1 heterocycles. The minimum absolute atomic E-state index is 0.0261. The summed E-state index contributed by atoms with van der Waals surface area (Å²) in [5, 5.41) is 5.19. The van der Waals surface area contributed by atoms with E-state index in [4.69, 9.17) is 4.74 Å². The normalized spacial score (nSPS) is 21.6. The molecule has 1 unspecified atom stereocenters. The van der Waals surface area contributed by atoms with E-state index in [9.17, 15) is 0 Å². The van der Waals surface area contributed by atoms with Crippen LogP contribution in [0, 0.1) is 0 Å². The lowest BCUT2D eigenvalue weighted by Crippen LogP contribution is -2.45. The van der Waals surface area contributed by atoms with Gasteiger partial charge in [0.1, 0.15) is 0 Å². The first-order chi connectivity index (χ1) is 7.07. The lowest BCUT2D eigenvalue weighted by molar-refractivity contribution is 0.140. The zero-order valence-electron chi connectivity index (χ0n) is 10.2. The van der Waals surface area contributed by atoms with Gasteiger partial charge in [-0.15, -0.1) is 0 Å². The standard InChI is InChI=1S/C11H22N2OS/c1-5-6-9-7-12-10(15-9)13-11(2,3)8-14-4/h9H,5-8H2,1-4H3,(H,12,13). The van der Waals surface area contributed by atoms with Gasteiger partial charge in [-0.2, -0.15) is 0 Å². The van der Waals surface area contributed by atoms with Crippen molar-refractivity contribution in [2.75, 3.05) is 20.3 Å². The van der Waals surface area contributed by atoms with Crippen LogP contribution in [-0.2, 0) is 4.74 Å². The second-order valence-corrected chi connectivity index (χ2v) is 5.91. The van der Waals surface area contributed by atoms with Crippen LogP contribution in [0.5, 0.6) is 0 Å². The maximum absolute atomic E-state index is 5.16. The first-order valence-corrected chi connectivity index (χ1v) is 6.43. The van der Waals surface area contributed by atoms with Crippen molar-refractivity contribution in [1.29, 1.82) is 0 Å². The molecular formula is C11H22N2OS. The van der Waals surface area contributed by atoms with Crippen molar-refractivity contribution < 1.29 is 4.74 Å². The third-order valence-electron chi connectivity index (χ3n) is 2.28. The Balaban J connectivity index is 2.34. The van der Waals surface area contributed by atoms with Crippen LogP contribution in [0.4, 0.5) is 0 Å². The minimum Gasteiger partial charge on any atom is -0.382 e. The van der Waals surface area contributed by atoms with Crippen molar-refractivity contribution in [2.24, 2.45) is 4.99 Å². The van der Waals surface area contributed by atoms with Gasteiger partial charge >= 0.3 is 0 Å². The third-order valence-corrected chi connectivity index (χ3v) is 3.45. The first-order valence-electron chi connectivity index (χ1n) is 5.55. The fourth-order valence-electron chi connectivity index (χ4n) is 1.64. The molecule has 15 heavy (non-hydrogen) atoms. The number of amidine groups is 1. The molecule has 1 rings (SSSR count). The summed E-state index contributed by atoms with van der Waals surface area (Å²) in [6.07, 6.45) is 2.49. The number of hydrogen-bond acceptors (Lipinski definition) is 4. The molecule has 0 radical (unpaired) electrons. The van der Waals surface area contributed by atoms with Gasteiger partial charge in [-0.3, -0.25) is 4.99 Å². The Bertz CT molecular complexity index is 229. The third kappa shape index (κ3) is 4.43. The van der Waals surface area contributed by atoms with Gasteiger partial charge in [0.05, 0.1) is 18.7 Å². The van der Waals surface area contributed by atoms with E-state index in [1.54, 1.807) is 7.11 Å². The van der Waals surface area contributed by atoms with Gasteiger partial charge in [-0.1, -0.05) is 25.1 Å². The molecule has 1 aliphatic heterocycles. The van der Waals surface area contributed by atoms with E-state index in [1.807, 2.05) is 11.8 Å². The molecule has 0 aliphatic carbocycles. The molecule has 0 saturated carbocycles. The second-order valence-electron chi connectivity index (χ2n) is 4.62. The number of ether oxygens (including phenoxy) is 1. The summed E-state index contributed by atoms with van der Waals surface area (Å²) < 4.78 is 5.16. The summed E-state index contributed by atoms with van der Waals surface area (Å²) in [5.74, 6) is 0. The second kappa shape index (κ2) is 5.75. The van der Waals surface area contributed by atoms with Crippen molar-refractivity contribution >= 4 is 16.9 Å². The van der Waals surface area contributed by atoms with Gasteiger partial charge < -0.3 is 10.1 Å². The van der Waals surface area contributed by atoms with Gasteiger partial charge in [-0.05, 0) is 20.3 Å². The van der Waals surface area contributed by atoms with Crippen LogP contribution in [0.15, 0.2) is 4.99 Å². The summed E-state index contributed by atoms with van der Waals surface area (Å²) in [6.45, 7) is 8.15. The predicted octanol–water partition coefficient (Wildman–Crippen LogP) is 2.27. The van der Waals surface area contributed by atoms with Gasteiger partial charge in [-0.25, -0.2) is 0 Å². The van der Waals surface area contributed by atoms with Gasteiger partial charge in [0.2, 0.25) is 0 Å². The predicted molar refractivity (Wildman–Crippen MR) is 67.7 cm³/mol. The molecule has 0 fully saturated rings. The fraction of sp³-hybridized carbons (Fsp3) is 0.909. The van der Waals surface area contributed by atoms with Crippen LogP contribution in [0.25, 0.3) is 0 Å². The number of aliphatic imine (C=N–C) groups is 1. The Morgan fingerprint density at radius 1 is 1.60 bits per heavy atom. The molecule has 88 valence electrons. The topological polar surface area (TPSA) is 33.6 Å². The van der Waals surface area contributed by atoms with Crippen molar-refractivity contribution in [3.8, 4) is 0 Å². The van der Waals surface area contributed by atoms with Crippen molar-refractivity contribution in [1.82, 2.24) is 5.32 Å².